The van der Waals surface area contributed by atoms with Gasteiger partial charge in [-0.25, -0.2) is 9.07 Å². The Labute approximate surface area is 144 Å². The van der Waals surface area contributed by atoms with Crippen molar-refractivity contribution >= 4 is 17.5 Å². The molecule has 1 saturated heterocycles. The molecule has 130 valence electrons. The fourth-order valence-corrected chi connectivity index (χ4v) is 3.41. The standard InChI is InChI=1S/C18H19FN4O2/c19-12-3-1-4-13(9-12)23-17(20)14(10-21-23)16(24)15-5-2-8-22(15)18(25)11-6-7-11/h1,3-4,9-11,15H,2,5-8,20H2. The van der Waals surface area contributed by atoms with E-state index in [-0.39, 0.29) is 29.0 Å². The second-order valence-electron chi connectivity index (χ2n) is 6.66. The predicted octanol–water partition coefficient (Wildman–Crippen LogP) is 2.18. The number of carbonyl (C=O) groups is 2. The number of likely N-dealkylation sites (tertiary alicyclic amines) is 1. The topological polar surface area (TPSA) is 81.2 Å². The average molecular weight is 342 g/mol. The van der Waals surface area contributed by atoms with Crippen molar-refractivity contribution in [3.8, 4) is 5.69 Å². The van der Waals surface area contributed by atoms with E-state index in [0.29, 0.717) is 18.7 Å². The van der Waals surface area contributed by atoms with Crippen LogP contribution >= 0.6 is 0 Å². The number of carbonyl (C=O) groups excluding carboxylic acids is 2. The minimum absolute atomic E-state index is 0.0759. The molecule has 1 aliphatic carbocycles. The number of nitrogens with two attached hydrogens (primary N) is 1. The first-order chi connectivity index (χ1) is 12.1. The van der Waals surface area contributed by atoms with E-state index in [2.05, 4.69) is 5.10 Å². The SMILES string of the molecule is Nc1c(C(=O)C2CCCN2C(=O)C2CC2)cnn1-c1cccc(F)c1. The lowest BCUT2D eigenvalue weighted by Gasteiger charge is -2.23. The summed E-state index contributed by atoms with van der Waals surface area (Å²) in [5.74, 6) is -0.266. The molecule has 25 heavy (non-hydrogen) atoms. The minimum atomic E-state index is -0.472. The highest BCUT2D eigenvalue weighted by Crippen LogP contribution is 2.34. The van der Waals surface area contributed by atoms with Crippen molar-refractivity contribution in [2.45, 2.75) is 31.7 Å². The van der Waals surface area contributed by atoms with Crippen molar-refractivity contribution in [1.29, 1.82) is 0 Å². The van der Waals surface area contributed by atoms with Crippen LogP contribution in [0.4, 0.5) is 10.2 Å². The van der Waals surface area contributed by atoms with Gasteiger partial charge >= 0.3 is 0 Å². The summed E-state index contributed by atoms with van der Waals surface area (Å²) in [6.45, 7) is 0.615. The van der Waals surface area contributed by atoms with Gasteiger partial charge < -0.3 is 10.6 Å². The van der Waals surface area contributed by atoms with Crippen LogP contribution in [0.1, 0.15) is 36.0 Å². The molecule has 2 aromatic rings. The number of halogens is 1. The van der Waals surface area contributed by atoms with Gasteiger partial charge in [0.15, 0.2) is 5.78 Å². The molecule has 1 amide bonds. The lowest BCUT2D eigenvalue weighted by atomic mass is 10.0. The van der Waals surface area contributed by atoms with Crippen molar-refractivity contribution in [2.75, 3.05) is 12.3 Å². The Morgan fingerprint density at radius 2 is 2.04 bits per heavy atom. The van der Waals surface area contributed by atoms with E-state index in [4.69, 9.17) is 5.73 Å². The minimum Gasteiger partial charge on any atom is -0.383 e. The van der Waals surface area contributed by atoms with Gasteiger partial charge in [0.1, 0.15) is 11.6 Å². The normalized spacial score (nSPS) is 20.0. The Balaban J connectivity index is 1.61. The van der Waals surface area contributed by atoms with E-state index in [9.17, 15) is 14.0 Å². The number of nitrogen functional groups attached to an aromatic ring is 1. The number of aromatic nitrogens is 2. The maximum atomic E-state index is 13.4. The van der Waals surface area contributed by atoms with E-state index >= 15 is 0 Å². The number of benzene rings is 1. The highest BCUT2D eigenvalue weighted by Gasteiger charge is 2.41. The smallest absolute Gasteiger partial charge is 0.226 e. The van der Waals surface area contributed by atoms with Gasteiger partial charge in [-0.3, -0.25) is 9.59 Å². The monoisotopic (exact) mass is 342 g/mol. The lowest BCUT2D eigenvalue weighted by Crippen LogP contribution is -2.41. The fourth-order valence-electron chi connectivity index (χ4n) is 3.41. The van der Waals surface area contributed by atoms with Gasteiger partial charge in [-0.1, -0.05) is 6.07 Å². The number of hydrogen-bond donors (Lipinski definition) is 1. The van der Waals surface area contributed by atoms with Crippen LogP contribution in [-0.4, -0.2) is 39.0 Å². The molecule has 2 aliphatic rings. The molecular weight excluding hydrogens is 323 g/mol. The number of ketones is 1. The fraction of sp³-hybridized carbons (Fsp3) is 0.389. The highest BCUT2D eigenvalue weighted by atomic mass is 19.1. The van der Waals surface area contributed by atoms with Crippen LogP contribution in [0.3, 0.4) is 0 Å². The third kappa shape index (κ3) is 2.79. The van der Waals surface area contributed by atoms with Crippen LogP contribution in [0.2, 0.25) is 0 Å². The molecule has 1 aromatic heterocycles. The molecule has 2 N–H and O–H groups in total. The van der Waals surface area contributed by atoms with Gasteiger partial charge in [-0.2, -0.15) is 5.10 Å². The van der Waals surface area contributed by atoms with Crippen molar-refractivity contribution in [3.63, 3.8) is 0 Å². The summed E-state index contributed by atoms with van der Waals surface area (Å²) in [6.07, 6.45) is 4.68. The van der Waals surface area contributed by atoms with Crippen LogP contribution in [0, 0.1) is 11.7 Å². The van der Waals surface area contributed by atoms with E-state index in [1.165, 1.54) is 23.0 Å². The van der Waals surface area contributed by atoms with Crippen LogP contribution in [0.25, 0.3) is 5.69 Å². The van der Waals surface area contributed by atoms with Gasteiger partial charge in [-0.15, -0.1) is 0 Å². The Bertz CT molecular complexity index is 843. The second kappa shape index (κ2) is 5.98. The van der Waals surface area contributed by atoms with Gasteiger partial charge in [0, 0.05) is 12.5 Å². The van der Waals surface area contributed by atoms with Crippen LogP contribution in [0.5, 0.6) is 0 Å². The van der Waals surface area contributed by atoms with Crippen molar-refractivity contribution < 1.29 is 14.0 Å². The molecule has 0 bridgehead atoms. The van der Waals surface area contributed by atoms with E-state index in [1.54, 1.807) is 17.0 Å². The van der Waals surface area contributed by atoms with Crippen LogP contribution in [0.15, 0.2) is 30.5 Å². The van der Waals surface area contributed by atoms with E-state index < -0.39 is 11.9 Å². The second-order valence-corrected chi connectivity index (χ2v) is 6.66. The summed E-state index contributed by atoms with van der Waals surface area (Å²) in [5, 5.41) is 4.14. The molecule has 0 radical (unpaired) electrons. The molecule has 1 unspecified atom stereocenters. The zero-order valence-corrected chi connectivity index (χ0v) is 13.7. The summed E-state index contributed by atoms with van der Waals surface area (Å²) in [5.41, 5.74) is 6.84. The quantitative estimate of drug-likeness (QED) is 0.864. The van der Waals surface area contributed by atoms with Gasteiger partial charge in [-0.05, 0) is 43.9 Å². The first-order valence-electron chi connectivity index (χ1n) is 8.50. The Kier molecular flexibility index (Phi) is 3.78. The summed E-state index contributed by atoms with van der Waals surface area (Å²) in [4.78, 5) is 27.0. The third-order valence-corrected chi connectivity index (χ3v) is 4.89. The average Bonchev–Trinajstić information content (AvgIpc) is 3.21. The Hall–Kier alpha value is -2.70. The van der Waals surface area contributed by atoms with E-state index in [0.717, 1.165) is 19.3 Å². The number of nitrogens with zero attached hydrogens (tertiary/aromatic N) is 3. The van der Waals surface area contributed by atoms with Gasteiger partial charge in [0.25, 0.3) is 0 Å². The van der Waals surface area contributed by atoms with Gasteiger partial charge in [0.05, 0.1) is 23.5 Å². The van der Waals surface area contributed by atoms with E-state index in [1.807, 2.05) is 0 Å². The number of anilines is 1. The predicted molar refractivity (Wildman–Crippen MR) is 89.7 cm³/mol. The molecule has 0 spiro atoms. The van der Waals surface area contributed by atoms with Crippen molar-refractivity contribution in [1.82, 2.24) is 14.7 Å². The molecule has 7 heteroatoms. The molecule has 1 aromatic carbocycles. The maximum absolute atomic E-state index is 13.4. The number of Topliss-reactive ketones (excluding diaryl/α,β-unsaturated/α-hetero) is 1. The molecule has 1 saturated carbocycles. The first kappa shape index (κ1) is 15.8. The molecular formula is C18H19FN4O2. The summed E-state index contributed by atoms with van der Waals surface area (Å²) in [6, 6.07) is 5.38. The molecule has 1 aliphatic heterocycles. The lowest BCUT2D eigenvalue weighted by molar-refractivity contribution is -0.132. The zero-order valence-electron chi connectivity index (χ0n) is 13.7. The van der Waals surface area contributed by atoms with Crippen molar-refractivity contribution in [3.05, 3.63) is 41.8 Å². The van der Waals surface area contributed by atoms with Gasteiger partial charge in [0.2, 0.25) is 5.91 Å². The number of rotatable bonds is 4. The van der Waals surface area contributed by atoms with Crippen LogP contribution in [-0.2, 0) is 4.79 Å². The molecule has 6 nitrogen and oxygen atoms in total. The molecule has 1 atom stereocenters. The third-order valence-electron chi connectivity index (χ3n) is 4.89. The highest BCUT2D eigenvalue weighted by molar-refractivity contribution is 6.05. The maximum Gasteiger partial charge on any atom is 0.226 e. The number of hydrogen-bond acceptors (Lipinski definition) is 4. The zero-order chi connectivity index (χ0) is 17.6. The summed E-state index contributed by atoms with van der Waals surface area (Å²) < 4.78 is 14.8. The first-order valence-corrected chi connectivity index (χ1v) is 8.50. The van der Waals surface area contributed by atoms with Crippen molar-refractivity contribution in [2.24, 2.45) is 5.92 Å². The summed E-state index contributed by atoms with van der Waals surface area (Å²) in [7, 11) is 0. The Morgan fingerprint density at radius 1 is 1.24 bits per heavy atom. The summed E-state index contributed by atoms with van der Waals surface area (Å²) >= 11 is 0. The Morgan fingerprint density at radius 3 is 2.76 bits per heavy atom. The molecule has 2 heterocycles. The van der Waals surface area contributed by atoms with Crippen LogP contribution < -0.4 is 5.73 Å². The molecule has 4 rings (SSSR count). The number of amides is 1. The largest absolute Gasteiger partial charge is 0.383 e. The molecule has 2 fully saturated rings.